The number of unbranched alkanes of at least 4 members (excludes halogenated alkanes) is 12. The van der Waals surface area contributed by atoms with Crippen LogP contribution in [-0.2, 0) is 19.2 Å². The molecule has 3 N–H and O–H groups in total. The largest absolute Gasteiger partial charge is 0.394 e. The fourth-order valence-corrected chi connectivity index (χ4v) is 3.87. The number of carbonyl (C=O) groups is 4. The Bertz CT molecular complexity index is 642. The maximum absolute atomic E-state index is 12.6. The van der Waals surface area contributed by atoms with Crippen LogP contribution in [0.15, 0.2) is 0 Å². The molecular formula is C27H52N4O5. The van der Waals surface area contributed by atoms with Crippen molar-refractivity contribution >= 4 is 23.6 Å². The summed E-state index contributed by atoms with van der Waals surface area (Å²) in [5.74, 6) is -1.61. The van der Waals surface area contributed by atoms with Gasteiger partial charge in [0.2, 0.25) is 23.6 Å². The average Bonchev–Trinajstić information content (AvgIpc) is 2.84. The van der Waals surface area contributed by atoms with E-state index < -0.39 is 30.5 Å². The van der Waals surface area contributed by atoms with Crippen LogP contribution >= 0.6 is 0 Å². The molecule has 0 radical (unpaired) electrons. The summed E-state index contributed by atoms with van der Waals surface area (Å²) in [4.78, 5) is 51.4. The number of nitrogens with zero attached hydrogens (tertiary/aromatic N) is 2. The van der Waals surface area contributed by atoms with Gasteiger partial charge in [-0.15, -0.1) is 0 Å². The molecule has 9 heteroatoms. The molecule has 0 saturated carbocycles. The Labute approximate surface area is 218 Å². The number of hydrogen-bond donors (Lipinski definition) is 3. The lowest BCUT2D eigenvalue weighted by Crippen LogP contribution is -2.55. The van der Waals surface area contributed by atoms with Crippen molar-refractivity contribution in [1.29, 1.82) is 0 Å². The SMILES string of the molecule is CCCCCCCCCCCCCCCC(=O)N(C)C(CO)C(=O)NC(C)C(=O)NCC(=O)N(C)C. The van der Waals surface area contributed by atoms with Crippen LogP contribution in [0.1, 0.15) is 104 Å². The molecule has 0 aliphatic carbocycles. The summed E-state index contributed by atoms with van der Waals surface area (Å²) in [7, 11) is 4.65. The zero-order valence-corrected chi connectivity index (χ0v) is 23.4. The Morgan fingerprint density at radius 1 is 0.722 bits per heavy atom. The van der Waals surface area contributed by atoms with E-state index in [0.29, 0.717) is 6.42 Å². The topological polar surface area (TPSA) is 119 Å². The van der Waals surface area contributed by atoms with Crippen LogP contribution in [0, 0.1) is 0 Å². The van der Waals surface area contributed by atoms with Gasteiger partial charge in [0, 0.05) is 27.6 Å². The van der Waals surface area contributed by atoms with Gasteiger partial charge in [-0.3, -0.25) is 19.2 Å². The zero-order valence-electron chi connectivity index (χ0n) is 23.4. The lowest BCUT2D eigenvalue weighted by atomic mass is 10.0. The first-order chi connectivity index (χ1) is 17.1. The molecule has 0 aliphatic rings. The van der Waals surface area contributed by atoms with Gasteiger partial charge < -0.3 is 25.5 Å². The molecule has 9 nitrogen and oxygen atoms in total. The van der Waals surface area contributed by atoms with Crippen LogP contribution in [0.4, 0.5) is 0 Å². The number of aliphatic hydroxyl groups is 1. The highest BCUT2D eigenvalue weighted by atomic mass is 16.3. The van der Waals surface area contributed by atoms with E-state index in [2.05, 4.69) is 17.6 Å². The molecule has 0 aromatic heterocycles. The second kappa shape index (κ2) is 21.0. The Hall–Kier alpha value is -2.16. The van der Waals surface area contributed by atoms with E-state index in [-0.39, 0.29) is 18.4 Å². The van der Waals surface area contributed by atoms with E-state index in [1.54, 1.807) is 14.1 Å². The van der Waals surface area contributed by atoms with Crippen molar-refractivity contribution in [2.45, 2.75) is 116 Å². The predicted octanol–water partition coefficient (Wildman–Crippen LogP) is 3.00. The molecular weight excluding hydrogens is 460 g/mol. The number of aliphatic hydroxyl groups excluding tert-OH is 1. The highest BCUT2D eigenvalue weighted by Gasteiger charge is 2.28. The Morgan fingerprint density at radius 3 is 1.64 bits per heavy atom. The zero-order chi connectivity index (χ0) is 27.3. The Morgan fingerprint density at radius 2 is 1.19 bits per heavy atom. The standard InChI is InChI=1S/C27H52N4O5/c1-6-7-8-9-10-11-12-13-14-15-16-17-18-19-24(33)31(5)23(21-32)27(36)29-22(2)26(35)28-20-25(34)30(3)4/h22-23,32H,6-21H2,1-5H3,(H,28,35)(H,29,36). The molecule has 0 spiro atoms. The van der Waals surface area contributed by atoms with Crippen molar-refractivity contribution in [3.8, 4) is 0 Å². The first-order valence-corrected chi connectivity index (χ1v) is 13.8. The number of carbonyl (C=O) groups excluding carboxylic acids is 4. The lowest BCUT2D eigenvalue weighted by Gasteiger charge is -2.27. The van der Waals surface area contributed by atoms with Gasteiger partial charge in [0.05, 0.1) is 13.2 Å². The third-order valence-corrected chi connectivity index (χ3v) is 6.50. The molecule has 0 saturated heterocycles. The highest BCUT2D eigenvalue weighted by molar-refractivity contribution is 5.93. The summed E-state index contributed by atoms with van der Waals surface area (Å²) in [5, 5.41) is 14.6. The molecule has 210 valence electrons. The maximum Gasteiger partial charge on any atom is 0.245 e. The summed E-state index contributed by atoms with van der Waals surface area (Å²) >= 11 is 0. The maximum atomic E-state index is 12.6. The summed E-state index contributed by atoms with van der Waals surface area (Å²) < 4.78 is 0. The van der Waals surface area contributed by atoms with Gasteiger partial charge in [0.25, 0.3) is 0 Å². The van der Waals surface area contributed by atoms with Crippen molar-refractivity contribution in [3.63, 3.8) is 0 Å². The number of rotatable bonds is 21. The van der Waals surface area contributed by atoms with Gasteiger partial charge in [-0.1, -0.05) is 84.0 Å². The number of likely N-dealkylation sites (N-methyl/N-ethyl adjacent to an activating group) is 2. The van der Waals surface area contributed by atoms with E-state index >= 15 is 0 Å². The molecule has 2 atom stereocenters. The minimum Gasteiger partial charge on any atom is -0.394 e. The van der Waals surface area contributed by atoms with E-state index in [0.717, 1.165) is 19.3 Å². The molecule has 0 rings (SSSR count). The molecule has 2 unspecified atom stereocenters. The molecule has 36 heavy (non-hydrogen) atoms. The second-order valence-corrected chi connectivity index (χ2v) is 9.93. The van der Waals surface area contributed by atoms with Crippen molar-refractivity contribution < 1.29 is 24.3 Å². The molecule has 0 aliphatic heterocycles. The van der Waals surface area contributed by atoms with Crippen LogP contribution in [0.2, 0.25) is 0 Å². The van der Waals surface area contributed by atoms with Gasteiger partial charge in [-0.05, 0) is 13.3 Å². The van der Waals surface area contributed by atoms with Crippen LogP contribution in [0.5, 0.6) is 0 Å². The van der Waals surface area contributed by atoms with Gasteiger partial charge in [-0.25, -0.2) is 0 Å². The Kier molecular flexibility index (Phi) is 19.7. The molecule has 0 fully saturated rings. The van der Waals surface area contributed by atoms with Gasteiger partial charge in [-0.2, -0.15) is 0 Å². The van der Waals surface area contributed by atoms with Gasteiger partial charge >= 0.3 is 0 Å². The summed E-state index contributed by atoms with van der Waals surface area (Å²) in [6.45, 7) is 3.01. The summed E-state index contributed by atoms with van der Waals surface area (Å²) in [6.07, 6.45) is 16.2. The van der Waals surface area contributed by atoms with Crippen molar-refractivity contribution in [3.05, 3.63) is 0 Å². The number of nitrogens with one attached hydrogen (secondary N) is 2. The molecule has 0 aromatic rings. The fourth-order valence-electron chi connectivity index (χ4n) is 3.87. The minimum atomic E-state index is -1.07. The summed E-state index contributed by atoms with van der Waals surface area (Å²) in [6, 6.07) is -1.98. The van der Waals surface area contributed by atoms with Gasteiger partial charge in [0.1, 0.15) is 12.1 Å². The summed E-state index contributed by atoms with van der Waals surface area (Å²) in [5.41, 5.74) is 0. The van der Waals surface area contributed by atoms with Crippen LogP contribution < -0.4 is 10.6 Å². The van der Waals surface area contributed by atoms with Crippen LogP contribution in [-0.4, -0.2) is 84.9 Å². The van der Waals surface area contributed by atoms with Crippen LogP contribution in [0.3, 0.4) is 0 Å². The normalized spacial score (nSPS) is 12.5. The monoisotopic (exact) mass is 512 g/mol. The fraction of sp³-hybridized carbons (Fsp3) is 0.852. The quantitative estimate of drug-likeness (QED) is 0.204. The van der Waals surface area contributed by atoms with Crippen LogP contribution in [0.25, 0.3) is 0 Å². The second-order valence-electron chi connectivity index (χ2n) is 9.93. The number of amides is 4. The first-order valence-electron chi connectivity index (χ1n) is 13.8. The van der Waals surface area contributed by atoms with E-state index in [4.69, 9.17) is 0 Å². The van der Waals surface area contributed by atoms with Crippen molar-refractivity contribution in [2.24, 2.45) is 0 Å². The smallest absolute Gasteiger partial charge is 0.245 e. The molecule has 0 aromatic carbocycles. The minimum absolute atomic E-state index is 0.174. The predicted molar refractivity (Wildman–Crippen MR) is 143 cm³/mol. The van der Waals surface area contributed by atoms with Crippen molar-refractivity contribution in [1.82, 2.24) is 20.4 Å². The van der Waals surface area contributed by atoms with E-state index in [9.17, 15) is 24.3 Å². The number of hydrogen-bond acceptors (Lipinski definition) is 5. The molecule has 4 amide bonds. The Balaban J connectivity index is 4.11. The lowest BCUT2D eigenvalue weighted by molar-refractivity contribution is -0.141. The van der Waals surface area contributed by atoms with E-state index in [1.807, 2.05) is 0 Å². The third-order valence-electron chi connectivity index (χ3n) is 6.50. The van der Waals surface area contributed by atoms with Crippen molar-refractivity contribution in [2.75, 3.05) is 34.3 Å². The molecule has 0 bridgehead atoms. The van der Waals surface area contributed by atoms with Gasteiger partial charge in [0.15, 0.2) is 0 Å². The first kappa shape index (κ1) is 33.8. The van der Waals surface area contributed by atoms with E-state index in [1.165, 1.54) is 88.0 Å². The molecule has 0 heterocycles. The highest BCUT2D eigenvalue weighted by Crippen LogP contribution is 2.13. The third kappa shape index (κ3) is 15.8. The average molecular weight is 513 g/mol.